The number of hydrogen-bond acceptors (Lipinski definition) is 1. The molecule has 20 heavy (non-hydrogen) atoms. The molecule has 0 aliphatic carbocycles. The summed E-state index contributed by atoms with van der Waals surface area (Å²) in [6.07, 6.45) is 0. The van der Waals surface area contributed by atoms with Crippen molar-refractivity contribution in [3.05, 3.63) is 68.1 Å². The van der Waals surface area contributed by atoms with Gasteiger partial charge in [0.25, 0.3) is 5.91 Å². The topological polar surface area (TPSA) is 20.3 Å². The van der Waals surface area contributed by atoms with E-state index in [0.29, 0.717) is 22.2 Å². The second kappa shape index (κ2) is 6.61. The Morgan fingerprint density at radius 1 is 1.15 bits per heavy atom. The lowest BCUT2D eigenvalue weighted by Crippen LogP contribution is -2.26. The van der Waals surface area contributed by atoms with Crippen LogP contribution in [0, 0.1) is 0 Å². The van der Waals surface area contributed by atoms with Crippen molar-refractivity contribution in [3.63, 3.8) is 0 Å². The molecule has 0 saturated carbocycles. The number of amides is 1. The van der Waals surface area contributed by atoms with Crippen LogP contribution in [-0.2, 0) is 6.54 Å². The first-order valence-corrected chi connectivity index (χ1v) is 7.48. The zero-order chi connectivity index (χ0) is 14.7. The van der Waals surface area contributed by atoms with Crippen molar-refractivity contribution < 1.29 is 4.79 Å². The van der Waals surface area contributed by atoms with Gasteiger partial charge in [-0.15, -0.1) is 0 Å². The molecule has 0 spiro atoms. The summed E-state index contributed by atoms with van der Waals surface area (Å²) in [4.78, 5) is 13.9. The van der Waals surface area contributed by atoms with E-state index in [-0.39, 0.29) is 5.91 Å². The molecule has 0 atom stereocenters. The third-order valence-corrected chi connectivity index (χ3v) is 4.26. The first-order valence-electron chi connectivity index (χ1n) is 5.93. The minimum atomic E-state index is -0.0615. The molecule has 0 aliphatic heterocycles. The van der Waals surface area contributed by atoms with E-state index in [1.807, 2.05) is 24.3 Å². The number of nitrogens with zero attached hydrogens (tertiary/aromatic N) is 1. The Morgan fingerprint density at radius 3 is 2.45 bits per heavy atom. The Morgan fingerprint density at radius 2 is 1.80 bits per heavy atom. The van der Waals surface area contributed by atoms with Crippen LogP contribution < -0.4 is 0 Å². The summed E-state index contributed by atoms with van der Waals surface area (Å²) in [5, 5.41) is 0.985. The zero-order valence-corrected chi connectivity index (χ0v) is 13.8. The summed E-state index contributed by atoms with van der Waals surface area (Å²) < 4.78 is 0.939. The average Bonchev–Trinajstić information content (AvgIpc) is 2.44. The second-order valence-corrected chi connectivity index (χ2v) is 6.08. The van der Waals surface area contributed by atoms with Crippen LogP contribution >= 0.6 is 39.1 Å². The Kier molecular flexibility index (Phi) is 5.08. The Balaban J connectivity index is 2.15. The second-order valence-electron chi connectivity index (χ2n) is 4.38. The molecule has 0 N–H and O–H groups in total. The van der Waals surface area contributed by atoms with Crippen molar-refractivity contribution in [1.82, 2.24) is 4.90 Å². The molecule has 5 heteroatoms. The van der Waals surface area contributed by atoms with Gasteiger partial charge in [-0.05, 0) is 35.9 Å². The third kappa shape index (κ3) is 3.54. The number of benzene rings is 2. The lowest BCUT2D eigenvalue weighted by Gasteiger charge is -2.18. The molecule has 2 aromatic rings. The molecule has 0 fully saturated rings. The van der Waals surface area contributed by atoms with Gasteiger partial charge in [-0.2, -0.15) is 0 Å². The van der Waals surface area contributed by atoms with Crippen LogP contribution in [0.4, 0.5) is 0 Å². The summed E-state index contributed by atoms with van der Waals surface area (Å²) in [5.74, 6) is -0.0615. The van der Waals surface area contributed by atoms with E-state index in [9.17, 15) is 4.79 Å². The Bertz CT molecular complexity index is 628. The van der Waals surface area contributed by atoms with E-state index in [1.54, 1.807) is 30.1 Å². The third-order valence-electron chi connectivity index (χ3n) is 2.88. The number of carbonyl (C=O) groups is 1. The lowest BCUT2D eigenvalue weighted by atomic mass is 10.1. The van der Waals surface area contributed by atoms with Crippen LogP contribution in [0.2, 0.25) is 10.0 Å². The number of hydrogen-bond donors (Lipinski definition) is 0. The van der Waals surface area contributed by atoms with Crippen LogP contribution in [0.3, 0.4) is 0 Å². The monoisotopic (exact) mass is 371 g/mol. The molecular formula is C15H12BrCl2NO. The van der Waals surface area contributed by atoms with Gasteiger partial charge in [0.05, 0.1) is 10.0 Å². The van der Waals surface area contributed by atoms with Gasteiger partial charge in [0.2, 0.25) is 0 Å². The molecule has 2 rings (SSSR count). The number of carbonyl (C=O) groups excluding carboxylic acids is 1. The van der Waals surface area contributed by atoms with Gasteiger partial charge in [0, 0.05) is 23.6 Å². The van der Waals surface area contributed by atoms with Crippen molar-refractivity contribution in [3.8, 4) is 0 Å². The van der Waals surface area contributed by atoms with Crippen molar-refractivity contribution in [1.29, 1.82) is 0 Å². The van der Waals surface area contributed by atoms with Crippen LogP contribution in [0.15, 0.2) is 46.9 Å². The van der Waals surface area contributed by atoms with Gasteiger partial charge in [0.15, 0.2) is 0 Å². The van der Waals surface area contributed by atoms with E-state index in [1.165, 1.54) is 0 Å². The minimum Gasteiger partial charge on any atom is -0.337 e. The fourth-order valence-corrected chi connectivity index (χ4v) is 2.45. The zero-order valence-electron chi connectivity index (χ0n) is 10.7. The predicted molar refractivity (Wildman–Crippen MR) is 86.4 cm³/mol. The van der Waals surface area contributed by atoms with Gasteiger partial charge in [-0.3, -0.25) is 4.79 Å². The average molecular weight is 373 g/mol. The molecule has 104 valence electrons. The quantitative estimate of drug-likeness (QED) is 0.739. The van der Waals surface area contributed by atoms with Crippen LogP contribution in [-0.4, -0.2) is 17.9 Å². The van der Waals surface area contributed by atoms with Crippen LogP contribution in [0.1, 0.15) is 15.9 Å². The van der Waals surface area contributed by atoms with Gasteiger partial charge < -0.3 is 4.90 Å². The maximum atomic E-state index is 12.3. The standard InChI is InChI=1S/C15H12BrCl2NO/c1-19(9-11-3-2-4-13(17)14(11)18)15(20)10-5-7-12(16)8-6-10/h2-8H,9H2,1H3. The number of halogens is 3. The SMILES string of the molecule is CN(Cc1cccc(Cl)c1Cl)C(=O)c1ccc(Br)cc1. The molecule has 0 bridgehead atoms. The molecule has 0 unspecified atom stereocenters. The highest BCUT2D eigenvalue weighted by Crippen LogP contribution is 2.26. The highest BCUT2D eigenvalue weighted by molar-refractivity contribution is 9.10. The number of rotatable bonds is 3. The molecule has 0 radical (unpaired) electrons. The van der Waals surface area contributed by atoms with Gasteiger partial charge in [-0.25, -0.2) is 0 Å². The summed E-state index contributed by atoms with van der Waals surface area (Å²) in [7, 11) is 1.74. The Hall–Kier alpha value is -1.03. The molecule has 0 aromatic heterocycles. The van der Waals surface area contributed by atoms with Crippen LogP contribution in [0.25, 0.3) is 0 Å². The molecule has 2 aromatic carbocycles. The van der Waals surface area contributed by atoms with E-state index in [0.717, 1.165) is 10.0 Å². The molecule has 2 nitrogen and oxygen atoms in total. The summed E-state index contributed by atoms with van der Waals surface area (Å²) in [5.41, 5.74) is 1.46. The van der Waals surface area contributed by atoms with Gasteiger partial charge >= 0.3 is 0 Å². The van der Waals surface area contributed by atoms with E-state index >= 15 is 0 Å². The highest BCUT2D eigenvalue weighted by atomic mass is 79.9. The van der Waals surface area contributed by atoms with Gasteiger partial charge in [0.1, 0.15) is 0 Å². The maximum Gasteiger partial charge on any atom is 0.253 e. The van der Waals surface area contributed by atoms with Crippen LogP contribution in [0.5, 0.6) is 0 Å². The van der Waals surface area contributed by atoms with Gasteiger partial charge in [-0.1, -0.05) is 51.3 Å². The minimum absolute atomic E-state index is 0.0615. The van der Waals surface area contributed by atoms with Crippen molar-refractivity contribution in [2.24, 2.45) is 0 Å². The molecule has 0 aliphatic rings. The van der Waals surface area contributed by atoms with E-state index in [4.69, 9.17) is 23.2 Å². The van der Waals surface area contributed by atoms with Crippen molar-refractivity contribution in [2.45, 2.75) is 6.54 Å². The fraction of sp³-hybridized carbons (Fsp3) is 0.133. The maximum absolute atomic E-state index is 12.3. The van der Waals surface area contributed by atoms with Crippen molar-refractivity contribution in [2.75, 3.05) is 7.05 Å². The fourth-order valence-electron chi connectivity index (χ4n) is 1.81. The largest absolute Gasteiger partial charge is 0.337 e. The molecule has 0 saturated heterocycles. The lowest BCUT2D eigenvalue weighted by molar-refractivity contribution is 0.0785. The molecule has 1 amide bonds. The highest BCUT2D eigenvalue weighted by Gasteiger charge is 2.14. The normalized spacial score (nSPS) is 10.4. The summed E-state index contributed by atoms with van der Waals surface area (Å²) in [6, 6.07) is 12.6. The van der Waals surface area contributed by atoms with E-state index < -0.39 is 0 Å². The predicted octanol–water partition coefficient (Wildman–Crippen LogP) is 5.03. The smallest absolute Gasteiger partial charge is 0.253 e. The molecular weight excluding hydrogens is 361 g/mol. The molecule has 0 heterocycles. The Labute approximate surface area is 136 Å². The van der Waals surface area contributed by atoms with E-state index in [2.05, 4.69) is 15.9 Å². The summed E-state index contributed by atoms with van der Waals surface area (Å²) in [6.45, 7) is 0.411. The van der Waals surface area contributed by atoms with Crippen molar-refractivity contribution >= 4 is 45.0 Å². The summed E-state index contributed by atoms with van der Waals surface area (Å²) >= 11 is 15.4. The first-order chi connectivity index (χ1) is 9.49. The first kappa shape index (κ1) is 15.4.